The number of imide groups is 1. The summed E-state index contributed by atoms with van der Waals surface area (Å²) in [5.74, 6) is -0.617. The summed E-state index contributed by atoms with van der Waals surface area (Å²) in [5, 5.41) is 15.5. The van der Waals surface area contributed by atoms with Gasteiger partial charge in [0.15, 0.2) is 0 Å². The lowest BCUT2D eigenvalue weighted by Gasteiger charge is -2.13. The molecule has 190 valence electrons. The number of hydrogen-bond donors (Lipinski definition) is 1. The van der Waals surface area contributed by atoms with E-state index in [1.807, 2.05) is 43.3 Å². The summed E-state index contributed by atoms with van der Waals surface area (Å²) in [6.45, 7) is 3.19. The van der Waals surface area contributed by atoms with E-state index in [2.05, 4.69) is 5.32 Å². The molecule has 3 amide bonds. The van der Waals surface area contributed by atoms with Gasteiger partial charge in [0, 0.05) is 23.2 Å². The Bertz CT molecular complexity index is 1670. The summed E-state index contributed by atoms with van der Waals surface area (Å²) in [4.78, 5) is 50.2. The fourth-order valence-corrected chi connectivity index (χ4v) is 4.98. The predicted molar refractivity (Wildman–Crippen MR) is 146 cm³/mol. The van der Waals surface area contributed by atoms with E-state index in [0.29, 0.717) is 23.0 Å². The van der Waals surface area contributed by atoms with Crippen molar-refractivity contribution in [1.29, 1.82) is 0 Å². The second-order valence-electron chi connectivity index (χ2n) is 8.76. The van der Waals surface area contributed by atoms with E-state index in [1.54, 1.807) is 31.2 Å². The Morgan fingerprint density at radius 2 is 1.79 bits per heavy atom. The number of aryl methyl sites for hydroxylation is 2. The van der Waals surface area contributed by atoms with Crippen molar-refractivity contribution in [3.8, 4) is 11.3 Å². The number of anilines is 1. The third-order valence-electron chi connectivity index (χ3n) is 6.21. The number of hydrogen-bond acceptors (Lipinski definition) is 7. The molecule has 0 saturated carbocycles. The zero-order valence-electron chi connectivity index (χ0n) is 20.4. The molecule has 3 aromatic carbocycles. The molecule has 5 rings (SSSR count). The van der Waals surface area contributed by atoms with Crippen molar-refractivity contribution in [3.05, 3.63) is 98.6 Å². The molecule has 0 spiro atoms. The monoisotopic (exact) mass is 527 g/mol. The number of furan rings is 1. The molecule has 0 bridgehead atoms. The Hall–Kier alpha value is -4.70. The van der Waals surface area contributed by atoms with Crippen molar-refractivity contribution in [2.75, 3.05) is 11.9 Å². The fraction of sp³-hybridized carbons (Fsp3) is 0.107. The Labute approximate surface area is 221 Å². The molecule has 1 aliphatic heterocycles. The van der Waals surface area contributed by atoms with E-state index in [4.69, 9.17) is 4.42 Å². The zero-order valence-corrected chi connectivity index (χ0v) is 21.2. The number of benzene rings is 3. The first-order valence-electron chi connectivity index (χ1n) is 11.6. The number of carbonyl (C=O) groups is 3. The van der Waals surface area contributed by atoms with Gasteiger partial charge in [-0.15, -0.1) is 0 Å². The summed E-state index contributed by atoms with van der Waals surface area (Å²) in [6.07, 6.45) is 1.39. The quantitative estimate of drug-likeness (QED) is 0.177. The van der Waals surface area contributed by atoms with Gasteiger partial charge in [0.1, 0.15) is 18.1 Å². The first-order valence-corrected chi connectivity index (χ1v) is 12.4. The molecule has 0 radical (unpaired) electrons. The van der Waals surface area contributed by atoms with Crippen molar-refractivity contribution < 1.29 is 23.7 Å². The first kappa shape index (κ1) is 25.0. The van der Waals surface area contributed by atoms with Crippen LogP contribution in [0.1, 0.15) is 16.9 Å². The van der Waals surface area contributed by atoms with Crippen LogP contribution in [-0.4, -0.2) is 33.4 Å². The lowest BCUT2D eigenvalue weighted by molar-refractivity contribution is -0.384. The summed E-state index contributed by atoms with van der Waals surface area (Å²) in [6, 6.07) is 19.3. The minimum atomic E-state index is -0.622. The van der Waals surface area contributed by atoms with Gasteiger partial charge in [-0.25, -0.2) is 0 Å². The molecule has 0 unspecified atom stereocenters. The molecule has 9 nitrogen and oxygen atoms in total. The normalized spacial score (nSPS) is 14.5. The molecule has 1 aromatic heterocycles. The minimum Gasteiger partial charge on any atom is -0.456 e. The maximum Gasteiger partial charge on any atom is 0.294 e. The van der Waals surface area contributed by atoms with Crippen LogP contribution in [0.2, 0.25) is 0 Å². The number of amides is 3. The second-order valence-corrected chi connectivity index (χ2v) is 9.75. The van der Waals surface area contributed by atoms with Crippen LogP contribution < -0.4 is 5.32 Å². The minimum absolute atomic E-state index is 0.0865. The topological polar surface area (TPSA) is 123 Å². The summed E-state index contributed by atoms with van der Waals surface area (Å²) >= 11 is 0.695. The van der Waals surface area contributed by atoms with Crippen molar-refractivity contribution in [2.24, 2.45) is 0 Å². The lowest BCUT2D eigenvalue weighted by Crippen LogP contribution is -2.36. The van der Waals surface area contributed by atoms with E-state index in [1.165, 1.54) is 12.1 Å². The number of rotatable bonds is 6. The maximum atomic E-state index is 12.9. The highest BCUT2D eigenvalue weighted by atomic mass is 32.2. The third kappa shape index (κ3) is 4.81. The summed E-state index contributed by atoms with van der Waals surface area (Å²) in [7, 11) is 0. The Morgan fingerprint density at radius 1 is 1.05 bits per heavy atom. The highest BCUT2D eigenvalue weighted by Crippen LogP contribution is 2.36. The number of carbonyl (C=O) groups excluding carboxylic acids is 3. The molecule has 2 heterocycles. The fourth-order valence-electron chi connectivity index (χ4n) is 4.16. The van der Waals surface area contributed by atoms with Crippen LogP contribution in [0.4, 0.5) is 16.2 Å². The van der Waals surface area contributed by atoms with Gasteiger partial charge in [-0.05, 0) is 66.4 Å². The number of nitrogens with zero attached hydrogens (tertiary/aromatic N) is 2. The molecule has 1 saturated heterocycles. The second kappa shape index (κ2) is 9.98. The molecular weight excluding hydrogens is 506 g/mol. The van der Waals surface area contributed by atoms with Gasteiger partial charge in [-0.3, -0.25) is 29.4 Å². The molecule has 0 atom stereocenters. The van der Waals surface area contributed by atoms with Crippen LogP contribution >= 0.6 is 11.8 Å². The van der Waals surface area contributed by atoms with Gasteiger partial charge in [0.2, 0.25) is 5.91 Å². The van der Waals surface area contributed by atoms with Crippen LogP contribution in [0.25, 0.3) is 28.2 Å². The van der Waals surface area contributed by atoms with Crippen LogP contribution in [0.5, 0.6) is 0 Å². The van der Waals surface area contributed by atoms with Crippen LogP contribution in [0, 0.1) is 24.0 Å². The lowest BCUT2D eigenvalue weighted by atomic mass is 10.0. The molecular formula is C28H21N3O6S. The highest BCUT2D eigenvalue weighted by Gasteiger charge is 2.36. The van der Waals surface area contributed by atoms with E-state index in [9.17, 15) is 24.5 Å². The van der Waals surface area contributed by atoms with Crippen LogP contribution in [0.15, 0.2) is 76.1 Å². The van der Waals surface area contributed by atoms with Gasteiger partial charge >= 0.3 is 0 Å². The van der Waals surface area contributed by atoms with Crippen molar-refractivity contribution in [1.82, 2.24) is 4.90 Å². The summed E-state index contributed by atoms with van der Waals surface area (Å²) < 4.78 is 5.78. The number of nitro groups is 1. The number of thioether (sulfide) groups is 1. The van der Waals surface area contributed by atoms with Crippen molar-refractivity contribution >= 4 is 57.0 Å². The highest BCUT2D eigenvalue weighted by molar-refractivity contribution is 8.18. The number of nitro benzene ring substituents is 1. The summed E-state index contributed by atoms with van der Waals surface area (Å²) in [5.41, 5.74) is 2.46. The average Bonchev–Trinajstić information content (AvgIpc) is 3.45. The molecule has 0 aliphatic carbocycles. The van der Waals surface area contributed by atoms with Crippen molar-refractivity contribution in [2.45, 2.75) is 13.8 Å². The third-order valence-corrected chi connectivity index (χ3v) is 7.12. The van der Waals surface area contributed by atoms with E-state index in [0.717, 1.165) is 26.8 Å². The van der Waals surface area contributed by atoms with E-state index >= 15 is 0 Å². The average molecular weight is 528 g/mol. The van der Waals surface area contributed by atoms with Gasteiger partial charge in [-0.2, -0.15) is 0 Å². The Balaban J connectivity index is 1.33. The van der Waals surface area contributed by atoms with Crippen molar-refractivity contribution in [3.63, 3.8) is 0 Å². The largest absolute Gasteiger partial charge is 0.456 e. The van der Waals surface area contributed by atoms with Gasteiger partial charge in [-0.1, -0.05) is 36.4 Å². The van der Waals surface area contributed by atoms with Crippen LogP contribution in [0.3, 0.4) is 0 Å². The molecule has 1 fully saturated rings. The van der Waals surface area contributed by atoms with E-state index in [-0.39, 0.29) is 22.1 Å². The molecule has 1 N–H and O–H groups in total. The molecule has 38 heavy (non-hydrogen) atoms. The Kier molecular flexibility index (Phi) is 6.56. The first-order chi connectivity index (χ1) is 18.2. The Morgan fingerprint density at radius 3 is 2.58 bits per heavy atom. The smallest absolute Gasteiger partial charge is 0.294 e. The number of fused-ring (bicyclic) bond motifs is 1. The van der Waals surface area contributed by atoms with Gasteiger partial charge < -0.3 is 9.73 Å². The van der Waals surface area contributed by atoms with E-state index < -0.39 is 28.5 Å². The maximum absolute atomic E-state index is 12.9. The van der Waals surface area contributed by atoms with Crippen LogP contribution in [-0.2, 0) is 9.59 Å². The molecule has 4 aromatic rings. The van der Waals surface area contributed by atoms with Gasteiger partial charge in [0.25, 0.3) is 16.8 Å². The SMILES string of the molecule is Cc1cc(-c2ccc(/C=C3\SC(=O)N(CC(=O)Nc4cccc5ccccc45)C3=O)o2)c([N+](=O)[O-])cc1C. The zero-order chi connectivity index (χ0) is 27.0. The predicted octanol–water partition coefficient (Wildman–Crippen LogP) is 6.30. The molecule has 10 heteroatoms. The van der Waals surface area contributed by atoms with Gasteiger partial charge in [0.05, 0.1) is 15.4 Å². The molecule has 1 aliphatic rings. The standard InChI is InChI=1S/C28H21N3O6S/c1-16-12-21(23(31(35)36)13-17(16)2)24-11-10-19(37-24)14-25-27(33)30(28(34)38-25)15-26(32)29-22-9-5-7-18-6-3-4-8-20(18)22/h3-14H,15H2,1-2H3,(H,29,32)/b25-14-. The number of nitrogens with one attached hydrogen (secondary N) is 1.